The van der Waals surface area contributed by atoms with Crippen LogP contribution in [0.1, 0.15) is 58.8 Å². The summed E-state index contributed by atoms with van der Waals surface area (Å²) in [7, 11) is 0. The summed E-state index contributed by atoms with van der Waals surface area (Å²) in [4.78, 5) is 13.4. The van der Waals surface area contributed by atoms with E-state index < -0.39 is 5.97 Å². The number of carboxylic acids is 1. The molecule has 0 radical (unpaired) electrons. The van der Waals surface area contributed by atoms with Gasteiger partial charge in [0.1, 0.15) is 0 Å². The first-order valence-electron chi connectivity index (χ1n) is 6.97. The molecule has 0 aromatic rings. The van der Waals surface area contributed by atoms with Gasteiger partial charge in [0.2, 0.25) is 0 Å². The van der Waals surface area contributed by atoms with Crippen LogP contribution in [0.5, 0.6) is 0 Å². The molecular formula is C14H25NO2. The molecule has 17 heavy (non-hydrogen) atoms. The van der Waals surface area contributed by atoms with E-state index in [1.165, 1.54) is 32.1 Å². The van der Waals surface area contributed by atoms with Gasteiger partial charge in [0.25, 0.3) is 0 Å². The van der Waals surface area contributed by atoms with Crippen LogP contribution in [0, 0.1) is 5.92 Å². The molecule has 0 aromatic carbocycles. The minimum atomic E-state index is -0.642. The number of nitrogens with zero attached hydrogens (tertiary/aromatic N) is 1. The zero-order chi connectivity index (χ0) is 12.5. The number of aliphatic carboxylic acids is 1. The number of hydrogen-bond acceptors (Lipinski definition) is 2. The molecule has 3 heteroatoms. The minimum absolute atomic E-state index is 0.197. The van der Waals surface area contributed by atoms with Crippen LogP contribution in [0.4, 0.5) is 0 Å². The Kier molecular flexibility index (Phi) is 3.76. The van der Waals surface area contributed by atoms with Gasteiger partial charge >= 0.3 is 5.97 Å². The highest BCUT2D eigenvalue weighted by Gasteiger charge is 2.42. The van der Waals surface area contributed by atoms with Crippen molar-refractivity contribution in [2.75, 3.05) is 6.54 Å². The van der Waals surface area contributed by atoms with Gasteiger partial charge in [-0.3, -0.25) is 9.69 Å². The Labute approximate surface area is 104 Å². The molecule has 1 saturated carbocycles. The monoisotopic (exact) mass is 239 g/mol. The van der Waals surface area contributed by atoms with Gasteiger partial charge in [0.15, 0.2) is 0 Å². The average molecular weight is 239 g/mol. The lowest BCUT2D eigenvalue weighted by molar-refractivity contribution is -0.138. The Morgan fingerprint density at radius 1 is 1.29 bits per heavy atom. The zero-order valence-corrected chi connectivity index (χ0v) is 11.1. The smallest absolute Gasteiger partial charge is 0.303 e. The fourth-order valence-corrected chi connectivity index (χ4v) is 3.83. The summed E-state index contributed by atoms with van der Waals surface area (Å²) < 4.78 is 0. The van der Waals surface area contributed by atoms with Crippen LogP contribution in [0.25, 0.3) is 0 Å². The molecule has 2 rings (SSSR count). The summed E-state index contributed by atoms with van der Waals surface area (Å²) >= 11 is 0. The molecule has 1 heterocycles. The molecule has 2 fully saturated rings. The number of carboxylic acid groups (broad SMARTS) is 1. The second-order valence-electron chi connectivity index (χ2n) is 6.42. The summed E-state index contributed by atoms with van der Waals surface area (Å²) in [5.74, 6) is -0.291. The van der Waals surface area contributed by atoms with Gasteiger partial charge in [-0.1, -0.05) is 19.3 Å². The predicted molar refractivity (Wildman–Crippen MR) is 68.0 cm³/mol. The number of rotatable bonds is 3. The minimum Gasteiger partial charge on any atom is -0.481 e. The van der Waals surface area contributed by atoms with E-state index in [0.717, 1.165) is 13.0 Å². The van der Waals surface area contributed by atoms with E-state index in [0.29, 0.717) is 18.4 Å². The number of likely N-dealkylation sites (tertiary alicyclic amines) is 1. The van der Waals surface area contributed by atoms with Crippen molar-refractivity contribution in [3.05, 3.63) is 0 Å². The maximum Gasteiger partial charge on any atom is 0.303 e. The van der Waals surface area contributed by atoms with Crippen molar-refractivity contribution in [2.45, 2.75) is 70.4 Å². The molecule has 1 aliphatic carbocycles. The molecule has 0 bridgehead atoms. The normalized spacial score (nSPS) is 30.6. The van der Waals surface area contributed by atoms with Crippen LogP contribution >= 0.6 is 0 Å². The van der Waals surface area contributed by atoms with Crippen molar-refractivity contribution in [3.8, 4) is 0 Å². The first-order chi connectivity index (χ1) is 7.99. The Hall–Kier alpha value is -0.570. The highest BCUT2D eigenvalue weighted by atomic mass is 16.4. The second kappa shape index (κ2) is 4.97. The lowest BCUT2D eigenvalue weighted by Crippen LogP contribution is -2.46. The van der Waals surface area contributed by atoms with Crippen molar-refractivity contribution in [3.63, 3.8) is 0 Å². The second-order valence-corrected chi connectivity index (χ2v) is 6.42. The van der Waals surface area contributed by atoms with Crippen LogP contribution in [-0.4, -0.2) is 34.1 Å². The summed E-state index contributed by atoms with van der Waals surface area (Å²) in [6.45, 7) is 5.55. The van der Waals surface area contributed by atoms with Crippen molar-refractivity contribution < 1.29 is 9.90 Å². The zero-order valence-electron chi connectivity index (χ0n) is 11.1. The molecule has 2 aliphatic rings. The van der Waals surface area contributed by atoms with Crippen molar-refractivity contribution in [1.82, 2.24) is 4.90 Å². The molecule has 1 N–H and O–H groups in total. The summed E-state index contributed by atoms with van der Waals surface area (Å²) in [5.41, 5.74) is 0.197. The van der Waals surface area contributed by atoms with E-state index in [2.05, 4.69) is 18.7 Å². The van der Waals surface area contributed by atoms with Gasteiger partial charge in [0.05, 0.1) is 0 Å². The third-order valence-electron chi connectivity index (χ3n) is 4.50. The van der Waals surface area contributed by atoms with Crippen molar-refractivity contribution in [1.29, 1.82) is 0 Å². The van der Waals surface area contributed by atoms with Gasteiger partial charge in [-0.2, -0.15) is 0 Å². The fourth-order valence-electron chi connectivity index (χ4n) is 3.83. The van der Waals surface area contributed by atoms with E-state index in [9.17, 15) is 4.79 Å². The van der Waals surface area contributed by atoms with Gasteiger partial charge in [-0.25, -0.2) is 0 Å². The van der Waals surface area contributed by atoms with E-state index >= 15 is 0 Å². The Bertz CT molecular complexity index is 282. The fraction of sp³-hybridized carbons (Fsp3) is 0.929. The van der Waals surface area contributed by atoms with E-state index in [-0.39, 0.29) is 5.54 Å². The first-order valence-corrected chi connectivity index (χ1v) is 6.97. The average Bonchev–Trinajstić information content (AvgIpc) is 2.53. The van der Waals surface area contributed by atoms with Crippen LogP contribution < -0.4 is 0 Å². The standard InChI is InChI=1S/C14H25NO2/c1-14(2)9-11(8-13(16)17)10-15(14)12-6-4-3-5-7-12/h11-12H,3-10H2,1-2H3,(H,16,17). The predicted octanol–water partition coefficient (Wildman–Crippen LogP) is 2.89. The molecular weight excluding hydrogens is 214 g/mol. The first kappa shape index (κ1) is 12.9. The highest BCUT2D eigenvalue weighted by molar-refractivity contribution is 5.67. The molecule has 0 amide bonds. The van der Waals surface area contributed by atoms with Crippen LogP contribution in [0.2, 0.25) is 0 Å². The highest BCUT2D eigenvalue weighted by Crippen LogP contribution is 2.39. The SMILES string of the molecule is CC1(C)CC(CC(=O)O)CN1C1CCCCC1. The number of hydrogen-bond donors (Lipinski definition) is 1. The maximum atomic E-state index is 10.8. The van der Waals surface area contributed by atoms with Gasteiger partial charge < -0.3 is 5.11 Å². The van der Waals surface area contributed by atoms with Crippen molar-refractivity contribution in [2.24, 2.45) is 5.92 Å². The molecule has 0 aromatic heterocycles. The lowest BCUT2D eigenvalue weighted by Gasteiger charge is -2.40. The summed E-state index contributed by atoms with van der Waals surface area (Å²) in [6.07, 6.45) is 8.07. The molecule has 0 spiro atoms. The number of carbonyl (C=O) groups is 1. The van der Waals surface area contributed by atoms with Gasteiger partial charge in [-0.05, 0) is 39.0 Å². The van der Waals surface area contributed by atoms with Crippen LogP contribution in [0.3, 0.4) is 0 Å². The molecule has 1 unspecified atom stereocenters. The van der Waals surface area contributed by atoms with Crippen LogP contribution in [0.15, 0.2) is 0 Å². The third-order valence-corrected chi connectivity index (χ3v) is 4.50. The molecule has 1 saturated heterocycles. The molecule has 1 atom stereocenters. The Morgan fingerprint density at radius 3 is 2.53 bits per heavy atom. The Morgan fingerprint density at radius 2 is 1.94 bits per heavy atom. The van der Waals surface area contributed by atoms with E-state index in [1.54, 1.807) is 0 Å². The topological polar surface area (TPSA) is 40.5 Å². The summed E-state index contributed by atoms with van der Waals surface area (Å²) in [6, 6.07) is 0.706. The largest absolute Gasteiger partial charge is 0.481 e. The molecule has 98 valence electrons. The maximum absolute atomic E-state index is 10.8. The van der Waals surface area contributed by atoms with E-state index in [4.69, 9.17) is 5.11 Å². The van der Waals surface area contributed by atoms with E-state index in [1.807, 2.05) is 0 Å². The quantitative estimate of drug-likeness (QED) is 0.823. The van der Waals surface area contributed by atoms with Gasteiger partial charge in [-0.15, -0.1) is 0 Å². The molecule has 3 nitrogen and oxygen atoms in total. The molecule has 1 aliphatic heterocycles. The van der Waals surface area contributed by atoms with Gasteiger partial charge in [0, 0.05) is 24.5 Å². The lowest BCUT2D eigenvalue weighted by atomic mass is 9.90. The Balaban J connectivity index is 1.98. The van der Waals surface area contributed by atoms with Crippen molar-refractivity contribution >= 4 is 5.97 Å². The third kappa shape index (κ3) is 3.01. The summed E-state index contributed by atoms with van der Waals surface area (Å²) in [5, 5.41) is 8.92. The van der Waals surface area contributed by atoms with Crippen LogP contribution in [-0.2, 0) is 4.79 Å².